The van der Waals surface area contributed by atoms with Gasteiger partial charge in [-0.25, -0.2) is 9.67 Å². The molecule has 32 heavy (non-hydrogen) atoms. The van der Waals surface area contributed by atoms with E-state index in [1.165, 1.54) is 18.0 Å². The summed E-state index contributed by atoms with van der Waals surface area (Å²) in [5.74, 6) is 1.32. The number of nitrogens with one attached hydrogen (secondary N) is 2. The quantitative estimate of drug-likeness (QED) is 0.329. The second-order valence-electron chi connectivity index (χ2n) is 7.15. The highest BCUT2D eigenvalue weighted by Crippen LogP contribution is 2.32. The number of benzene rings is 2. The van der Waals surface area contributed by atoms with E-state index in [0.29, 0.717) is 40.8 Å². The van der Waals surface area contributed by atoms with Gasteiger partial charge in [-0.15, -0.1) is 0 Å². The van der Waals surface area contributed by atoms with Crippen molar-refractivity contribution in [3.8, 4) is 11.5 Å². The number of fused-ring (bicyclic) bond motifs is 2. The molecule has 4 aromatic rings. The maximum absolute atomic E-state index is 12.4. The van der Waals surface area contributed by atoms with E-state index in [2.05, 4.69) is 20.4 Å². The molecule has 1 amide bonds. The monoisotopic (exact) mass is 449 g/mol. The van der Waals surface area contributed by atoms with E-state index in [9.17, 15) is 9.59 Å². The van der Waals surface area contributed by atoms with Crippen LogP contribution in [0.25, 0.3) is 11.0 Å². The van der Waals surface area contributed by atoms with Crippen LogP contribution in [-0.4, -0.2) is 38.2 Å². The van der Waals surface area contributed by atoms with E-state index < -0.39 is 0 Å². The van der Waals surface area contributed by atoms with Crippen LogP contribution in [0.2, 0.25) is 0 Å². The zero-order chi connectivity index (χ0) is 21.9. The van der Waals surface area contributed by atoms with Gasteiger partial charge in [-0.2, -0.15) is 5.10 Å². The fourth-order valence-corrected chi connectivity index (χ4v) is 4.01. The Balaban J connectivity index is 1.23. The number of carbonyl (C=O) groups excluding carboxylic acids is 1. The predicted octanol–water partition coefficient (Wildman–Crippen LogP) is 2.31. The number of ether oxygens (including phenoxy) is 2. The molecule has 0 fully saturated rings. The molecule has 10 heteroatoms. The smallest absolute Gasteiger partial charge is 0.262 e. The van der Waals surface area contributed by atoms with E-state index in [0.717, 1.165) is 11.1 Å². The molecular formula is C22H19N5O4S. The Labute approximate surface area is 186 Å². The summed E-state index contributed by atoms with van der Waals surface area (Å²) in [6, 6.07) is 15.4. The highest BCUT2D eigenvalue weighted by molar-refractivity contribution is 7.99. The number of rotatable bonds is 7. The lowest BCUT2D eigenvalue weighted by Crippen LogP contribution is -2.24. The summed E-state index contributed by atoms with van der Waals surface area (Å²) in [5, 5.41) is 7.94. The van der Waals surface area contributed by atoms with Crippen LogP contribution < -0.4 is 20.3 Å². The Hall–Kier alpha value is -3.79. The van der Waals surface area contributed by atoms with Gasteiger partial charge in [-0.3, -0.25) is 9.59 Å². The normalized spacial score (nSPS) is 12.2. The molecule has 9 nitrogen and oxygen atoms in total. The fraction of sp³-hybridized carbons (Fsp3) is 0.182. The zero-order valence-electron chi connectivity index (χ0n) is 16.9. The molecule has 0 spiro atoms. The average molecular weight is 449 g/mol. The Bertz CT molecular complexity index is 1340. The molecule has 0 unspecified atom stereocenters. The minimum Gasteiger partial charge on any atom is -0.454 e. The van der Waals surface area contributed by atoms with Crippen molar-refractivity contribution in [1.29, 1.82) is 0 Å². The summed E-state index contributed by atoms with van der Waals surface area (Å²) < 4.78 is 12.3. The van der Waals surface area contributed by atoms with Gasteiger partial charge in [0.25, 0.3) is 5.56 Å². The SMILES string of the molecule is O=C(CSc1nc2c(cnn2Cc2ccccc2)c(=O)[nH]1)NCc1ccc2c(c1)OCO2. The Morgan fingerprint density at radius 2 is 1.97 bits per heavy atom. The highest BCUT2D eigenvalue weighted by atomic mass is 32.2. The third-order valence-corrected chi connectivity index (χ3v) is 5.80. The summed E-state index contributed by atoms with van der Waals surface area (Å²) in [4.78, 5) is 32.0. The topological polar surface area (TPSA) is 111 Å². The van der Waals surface area contributed by atoms with Crippen molar-refractivity contribution in [1.82, 2.24) is 25.1 Å². The first-order chi connectivity index (χ1) is 15.7. The molecule has 0 saturated heterocycles. The van der Waals surface area contributed by atoms with Crippen molar-refractivity contribution in [3.05, 3.63) is 76.2 Å². The van der Waals surface area contributed by atoms with Crippen LogP contribution in [0.1, 0.15) is 11.1 Å². The van der Waals surface area contributed by atoms with Crippen molar-refractivity contribution in [3.63, 3.8) is 0 Å². The van der Waals surface area contributed by atoms with E-state index in [1.54, 1.807) is 4.68 Å². The molecule has 0 aliphatic carbocycles. The molecule has 162 valence electrons. The molecule has 1 aliphatic heterocycles. The predicted molar refractivity (Wildman–Crippen MR) is 119 cm³/mol. The number of hydrogen-bond donors (Lipinski definition) is 2. The van der Waals surface area contributed by atoms with Crippen molar-refractivity contribution in [2.75, 3.05) is 12.5 Å². The number of aromatic amines is 1. The third-order valence-electron chi connectivity index (χ3n) is 4.93. The average Bonchev–Trinajstić information content (AvgIpc) is 3.44. The number of H-pyrrole nitrogens is 1. The molecule has 5 rings (SSSR count). The first kappa shape index (κ1) is 20.1. The lowest BCUT2D eigenvalue weighted by Gasteiger charge is -2.07. The van der Waals surface area contributed by atoms with E-state index in [1.807, 2.05) is 48.5 Å². The van der Waals surface area contributed by atoms with Gasteiger partial charge in [0.15, 0.2) is 22.3 Å². The number of nitrogens with zero attached hydrogens (tertiary/aromatic N) is 3. The van der Waals surface area contributed by atoms with Gasteiger partial charge in [-0.05, 0) is 23.3 Å². The number of thioether (sulfide) groups is 1. The lowest BCUT2D eigenvalue weighted by atomic mass is 10.2. The maximum atomic E-state index is 12.4. The van der Waals surface area contributed by atoms with Crippen LogP contribution in [0.4, 0.5) is 0 Å². The fourth-order valence-electron chi connectivity index (χ4n) is 3.32. The summed E-state index contributed by atoms with van der Waals surface area (Å²) in [7, 11) is 0. The van der Waals surface area contributed by atoms with Crippen LogP contribution in [0.5, 0.6) is 11.5 Å². The number of aromatic nitrogens is 4. The second-order valence-corrected chi connectivity index (χ2v) is 8.11. The van der Waals surface area contributed by atoms with Gasteiger partial charge in [0, 0.05) is 6.54 Å². The molecular weight excluding hydrogens is 430 g/mol. The summed E-state index contributed by atoms with van der Waals surface area (Å²) in [6.45, 7) is 1.07. The van der Waals surface area contributed by atoms with E-state index in [4.69, 9.17) is 9.47 Å². The molecule has 0 saturated carbocycles. The number of amides is 1. The molecule has 2 aromatic heterocycles. The van der Waals surface area contributed by atoms with Crippen molar-refractivity contribution < 1.29 is 14.3 Å². The van der Waals surface area contributed by atoms with Gasteiger partial charge in [0.1, 0.15) is 5.39 Å². The van der Waals surface area contributed by atoms with Crippen LogP contribution in [0.3, 0.4) is 0 Å². The van der Waals surface area contributed by atoms with Crippen molar-refractivity contribution in [2.45, 2.75) is 18.2 Å². The van der Waals surface area contributed by atoms with Crippen molar-refractivity contribution in [2.24, 2.45) is 0 Å². The largest absolute Gasteiger partial charge is 0.454 e. The summed E-state index contributed by atoms with van der Waals surface area (Å²) >= 11 is 1.17. The molecule has 0 radical (unpaired) electrons. The van der Waals surface area contributed by atoms with E-state index >= 15 is 0 Å². The minimum atomic E-state index is -0.280. The number of carbonyl (C=O) groups is 1. The number of hydrogen-bond acceptors (Lipinski definition) is 7. The second kappa shape index (κ2) is 8.75. The van der Waals surface area contributed by atoms with Gasteiger partial charge in [-0.1, -0.05) is 48.2 Å². The van der Waals surface area contributed by atoms with Crippen LogP contribution in [-0.2, 0) is 17.9 Å². The first-order valence-electron chi connectivity index (χ1n) is 9.93. The van der Waals surface area contributed by atoms with Gasteiger partial charge in [0.05, 0.1) is 18.5 Å². The summed E-state index contributed by atoms with van der Waals surface area (Å²) in [5.41, 5.74) is 2.17. The molecule has 0 bridgehead atoms. The van der Waals surface area contributed by atoms with Gasteiger partial charge < -0.3 is 19.8 Å². The van der Waals surface area contributed by atoms with Crippen LogP contribution in [0.15, 0.2) is 64.7 Å². The summed E-state index contributed by atoms with van der Waals surface area (Å²) in [6.07, 6.45) is 1.51. The Morgan fingerprint density at radius 1 is 1.12 bits per heavy atom. The van der Waals surface area contributed by atoms with Crippen molar-refractivity contribution >= 4 is 28.7 Å². The Morgan fingerprint density at radius 3 is 2.84 bits per heavy atom. The van der Waals surface area contributed by atoms with E-state index in [-0.39, 0.29) is 24.0 Å². The highest BCUT2D eigenvalue weighted by Gasteiger charge is 2.14. The van der Waals surface area contributed by atoms with Crippen LogP contribution >= 0.6 is 11.8 Å². The lowest BCUT2D eigenvalue weighted by molar-refractivity contribution is -0.118. The standard InChI is InChI=1S/C22H19N5O4S/c28-19(23-9-15-6-7-17-18(8-15)31-13-30-17)12-32-22-25-20-16(21(29)26-22)10-24-27(20)11-14-4-2-1-3-5-14/h1-8,10H,9,11-13H2,(H,23,28)(H,25,26,29). The molecule has 1 aliphatic rings. The molecule has 0 atom stereocenters. The zero-order valence-corrected chi connectivity index (χ0v) is 17.7. The Kier molecular flexibility index (Phi) is 5.51. The first-order valence-corrected chi connectivity index (χ1v) is 10.9. The van der Waals surface area contributed by atoms with Crippen LogP contribution in [0, 0.1) is 0 Å². The molecule has 3 heterocycles. The third kappa shape index (κ3) is 4.30. The van der Waals surface area contributed by atoms with Gasteiger partial charge in [0.2, 0.25) is 12.7 Å². The molecule has 2 aromatic carbocycles. The van der Waals surface area contributed by atoms with Gasteiger partial charge >= 0.3 is 0 Å². The maximum Gasteiger partial charge on any atom is 0.262 e. The molecule has 2 N–H and O–H groups in total. The minimum absolute atomic E-state index is 0.117.